The maximum atomic E-state index is 11.3. The Labute approximate surface area is 107 Å². The first-order chi connectivity index (χ1) is 8.63. The van der Waals surface area contributed by atoms with Crippen molar-refractivity contribution < 1.29 is 14.7 Å². The standard InChI is InChI=1S/C14H19NO3/c1-3-9-15(10-16)13(14(17)18)12-7-5-11(4-2)6-8-12/h5-8,10,13H,3-4,9H2,1-2H3,(H,17,18). The number of amides is 1. The molecule has 0 fully saturated rings. The summed E-state index contributed by atoms with van der Waals surface area (Å²) in [5.74, 6) is -1.00. The van der Waals surface area contributed by atoms with Crippen LogP contribution in [0.15, 0.2) is 24.3 Å². The molecule has 1 N–H and O–H groups in total. The fourth-order valence-corrected chi connectivity index (χ4v) is 1.91. The zero-order valence-corrected chi connectivity index (χ0v) is 10.8. The first-order valence-electron chi connectivity index (χ1n) is 6.16. The van der Waals surface area contributed by atoms with Crippen LogP contribution in [0, 0.1) is 0 Å². The summed E-state index contributed by atoms with van der Waals surface area (Å²) in [5, 5.41) is 9.28. The van der Waals surface area contributed by atoms with Crippen LogP contribution in [0.4, 0.5) is 0 Å². The third-order valence-corrected chi connectivity index (χ3v) is 2.89. The molecular formula is C14H19NO3. The van der Waals surface area contributed by atoms with E-state index in [9.17, 15) is 14.7 Å². The van der Waals surface area contributed by atoms with Crippen LogP contribution in [-0.4, -0.2) is 28.9 Å². The normalized spacial score (nSPS) is 11.9. The van der Waals surface area contributed by atoms with Crippen molar-refractivity contribution in [3.63, 3.8) is 0 Å². The third kappa shape index (κ3) is 3.32. The molecule has 0 aromatic heterocycles. The van der Waals surface area contributed by atoms with E-state index in [4.69, 9.17) is 0 Å². The van der Waals surface area contributed by atoms with Crippen molar-refractivity contribution in [3.05, 3.63) is 35.4 Å². The van der Waals surface area contributed by atoms with Gasteiger partial charge in [-0.3, -0.25) is 4.79 Å². The van der Waals surface area contributed by atoms with Crippen LogP contribution in [0.5, 0.6) is 0 Å². The lowest BCUT2D eigenvalue weighted by Crippen LogP contribution is -2.33. The van der Waals surface area contributed by atoms with Crippen molar-refractivity contribution in [2.75, 3.05) is 6.54 Å². The third-order valence-electron chi connectivity index (χ3n) is 2.89. The molecule has 0 bridgehead atoms. The molecule has 98 valence electrons. The second kappa shape index (κ2) is 6.79. The van der Waals surface area contributed by atoms with Crippen molar-refractivity contribution in [2.45, 2.75) is 32.7 Å². The van der Waals surface area contributed by atoms with Crippen molar-refractivity contribution in [1.29, 1.82) is 0 Å². The zero-order chi connectivity index (χ0) is 13.5. The van der Waals surface area contributed by atoms with E-state index in [1.807, 2.05) is 26.0 Å². The number of nitrogens with zero attached hydrogens (tertiary/aromatic N) is 1. The maximum absolute atomic E-state index is 11.3. The fraction of sp³-hybridized carbons (Fsp3) is 0.429. The van der Waals surface area contributed by atoms with E-state index in [0.717, 1.165) is 18.4 Å². The smallest absolute Gasteiger partial charge is 0.331 e. The summed E-state index contributed by atoms with van der Waals surface area (Å²) in [4.78, 5) is 23.7. The molecule has 0 aliphatic rings. The number of hydrogen-bond acceptors (Lipinski definition) is 2. The molecule has 0 saturated heterocycles. The summed E-state index contributed by atoms with van der Waals surface area (Å²) < 4.78 is 0. The van der Waals surface area contributed by atoms with Gasteiger partial charge >= 0.3 is 5.97 Å². The Bertz CT molecular complexity index is 400. The topological polar surface area (TPSA) is 57.6 Å². The maximum Gasteiger partial charge on any atom is 0.331 e. The van der Waals surface area contributed by atoms with Crippen LogP contribution in [0.25, 0.3) is 0 Å². The summed E-state index contributed by atoms with van der Waals surface area (Å²) in [6, 6.07) is 6.47. The van der Waals surface area contributed by atoms with Crippen LogP contribution in [-0.2, 0) is 16.0 Å². The number of hydrogen-bond donors (Lipinski definition) is 1. The largest absolute Gasteiger partial charge is 0.479 e. The van der Waals surface area contributed by atoms with Crippen molar-refractivity contribution in [3.8, 4) is 0 Å². The van der Waals surface area contributed by atoms with E-state index in [1.54, 1.807) is 12.1 Å². The summed E-state index contributed by atoms with van der Waals surface area (Å²) in [5.41, 5.74) is 1.79. The summed E-state index contributed by atoms with van der Waals surface area (Å²) >= 11 is 0. The average Bonchev–Trinajstić information content (AvgIpc) is 2.38. The molecule has 1 aromatic rings. The van der Waals surface area contributed by atoms with Crippen LogP contribution in [0.1, 0.15) is 37.4 Å². The number of rotatable bonds is 7. The minimum Gasteiger partial charge on any atom is -0.479 e. The van der Waals surface area contributed by atoms with E-state index >= 15 is 0 Å². The molecule has 1 amide bonds. The number of benzene rings is 1. The number of aryl methyl sites for hydroxylation is 1. The Morgan fingerprint density at radius 1 is 1.33 bits per heavy atom. The molecule has 0 radical (unpaired) electrons. The minimum atomic E-state index is -1.00. The highest BCUT2D eigenvalue weighted by Gasteiger charge is 2.25. The summed E-state index contributed by atoms with van der Waals surface area (Å²) in [6.07, 6.45) is 2.25. The molecule has 0 aliphatic carbocycles. The highest BCUT2D eigenvalue weighted by molar-refractivity contribution is 5.78. The predicted molar refractivity (Wildman–Crippen MR) is 69.3 cm³/mol. The van der Waals surface area contributed by atoms with Gasteiger partial charge in [-0.2, -0.15) is 0 Å². The quantitative estimate of drug-likeness (QED) is 0.754. The van der Waals surface area contributed by atoms with E-state index < -0.39 is 12.0 Å². The second-order valence-corrected chi connectivity index (χ2v) is 4.18. The second-order valence-electron chi connectivity index (χ2n) is 4.18. The van der Waals surface area contributed by atoms with Gasteiger partial charge in [0.05, 0.1) is 0 Å². The monoisotopic (exact) mass is 249 g/mol. The van der Waals surface area contributed by atoms with Gasteiger partial charge in [-0.1, -0.05) is 38.1 Å². The number of carboxylic acid groups (broad SMARTS) is 1. The van der Waals surface area contributed by atoms with Crippen LogP contribution in [0.2, 0.25) is 0 Å². The molecule has 0 saturated carbocycles. The van der Waals surface area contributed by atoms with E-state index in [1.165, 1.54) is 4.90 Å². The molecule has 1 rings (SSSR count). The first-order valence-corrected chi connectivity index (χ1v) is 6.16. The molecule has 0 heterocycles. The molecule has 4 nitrogen and oxygen atoms in total. The van der Waals surface area contributed by atoms with Gasteiger partial charge in [-0.25, -0.2) is 4.79 Å². The van der Waals surface area contributed by atoms with Crippen LogP contribution >= 0.6 is 0 Å². The lowest BCUT2D eigenvalue weighted by atomic mass is 10.0. The Morgan fingerprint density at radius 2 is 1.94 bits per heavy atom. The SMILES string of the molecule is CCCN(C=O)C(C(=O)O)c1ccc(CC)cc1. The molecule has 1 unspecified atom stereocenters. The Kier molecular flexibility index (Phi) is 5.36. The van der Waals surface area contributed by atoms with Gasteiger partial charge in [0.15, 0.2) is 6.04 Å². The van der Waals surface area contributed by atoms with Gasteiger partial charge in [0.25, 0.3) is 0 Å². The highest BCUT2D eigenvalue weighted by atomic mass is 16.4. The Morgan fingerprint density at radius 3 is 2.33 bits per heavy atom. The zero-order valence-electron chi connectivity index (χ0n) is 10.8. The van der Waals surface area contributed by atoms with E-state index in [2.05, 4.69) is 0 Å². The van der Waals surface area contributed by atoms with Gasteiger partial charge in [0, 0.05) is 6.54 Å². The van der Waals surface area contributed by atoms with Gasteiger partial charge in [-0.15, -0.1) is 0 Å². The number of aliphatic carboxylic acids is 1. The summed E-state index contributed by atoms with van der Waals surface area (Å²) in [6.45, 7) is 4.39. The average molecular weight is 249 g/mol. The van der Waals surface area contributed by atoms with E-state index in [0.29, 0.717) is 18.5 Å². The Hall–Kier alpha value is -1.84. The Balaban J connectivity index is 3.02. The first kappa shape index (κ1) is 14.2. The molecule has 0 aliphatic heterocycles. The molecule has 0 spiro atoms. The van der Waals surface area contributed by atoms with Gasteiger partial charge in [0.1, 0.15) is 0 Å². The highest BCUT2D eigenvalue weighted by Crippen LogP contribution is 2.21. The van der Waals surface area contributed by atoms with Crippen molar-refractivity contribution in [1.82, 2.24) is 4.90 Å². The van der Waals surface area contributed by atoms with E-state index in [-0.39, 0.29) is 0 Å². The van der Waals surface area contributed by atoms with Gasteiger partial charge in [-0.05, 0) is 24.0 Å². The van der Waals surface area contributed by atoms with Crippen LogP contribution in [0.3, 0.4) is 0 Å². The fourth-order valence-electron chi connectivity index (χ4n) is 1.91. The van der Waals surface area contributed by atoms with Crippen molar-refractivity contribution >= 4 is 12.4 Å². The number of carboxylic acids is 1. The molecule has 1 aromatic carbocycles. The lowest BCUT2D eigenvalue weighted by molar-refractivity contribution is -0.146. The number of carbonyl (C=O) groups excluding carboxylic acids is 1. The molecular weight excluding hydrogens is 230 g/mol. The van der Waals surface area contributed by atoms with Gasteiger partial charge in [0.2, 0.25) is 6.41 Å². The molecule has 4 heteroatoms. The van der Waals surface area contributed by atoms with Gasteiger partial charge < -0.3 is 10.0 Å². The summed E-state index contributed by atoms with van der Waals surface area (Å²) in [7, 11) is 0. The van der Waals surface area contributed by atoms with Crippen LogP contribution < -0.4 is 0 Å². The molecule has 18 heavy (non-hydrogen) atoms. The molecule has 1 atom stereocenters. The number of carbonyl (C=O) groups is 2. The van der Waals surface area contributed by atoms with Crippen molar-refractivity contribution in [2.24, 2.45) is 0 Å². The predicted octanol–water partition coefficient (Wildman–Crippen LogP) is 2.24. The minimum absolute atomic E-state index is 0.440. The lowest BCUT2D eigenvalue weighted by Gasteiger charge is -2.25.